The molecule has 0 aliphatic heterocycles. The molecular weight excluding hydrogens is 376 g/mol. The van der Waals surface area contributed by atoms with Gasteiger partial charge < -0.3 is 20.3 Å². The van der Waals surface area contributed by atoms with Crippen molar-refractivity contribution >= 4 is 23.3 Å². The van der Waals surface area contributed by atoms with E-state index >= 15 is 0 Å². The fourth-order valence-corrected chi connectivity index (χ4v) is 2.92. The topological polar surface area (TPSA) is 53.6 Å². The van der Waals surface area contributed by atoms with Crippen LogP contribution in [-0.2, 0) is 0 Å². The van der Waals surface area contributed by atoms with E-state index in [1.165, 1.54) is 6.07 Å². The second-order valence-electron chi connectivity index (χ2n) is 6.16. The summed E-state index contributed by atoms with van der Waals surface area (Å²) in [5.74, 6) is -0.0876. The van der Waals surface area contributed by atoms with Crippen molar-refractivity contribution in [1.29, 1.82) is 0 Å². The molecular formula is C19H22ClF2N3O2. The van der Waals surface area contributed by atoms with E-state index in [0.717, 1.165) is 5.56 Å². The number of aryl methyl sites for hydroxylation is 1. The third-order valence-electron chi connectivity index (χ3n) is 4.03. The van der Waals surface area contributed by atoms with Gasteiger partial charge in [-0.3, -0.25) is 0 Å². The fourth-order valence-electron chi connectivity index (χ4n) is 2.66. The summed E-state index contributed by atoms with van der Waals surface area (Å²) in [5.41, 5.74) is 1.69. The predicted octanol–water partition coefficient (Wildman–Crippen LogP) is 4.67. The van der Waals surface area contributed by atoms with Crippen molar-refractivity contribution in [2.45, 2.75) is 19.6 Å². The number of likely N-dealkylation sites (N-methyl/N-ethyl adjacent to an activating group) is 1. The Morgan fingerprint density at radius 3 is 2.52 bits per heavy atom. The highest BCUT2D eigenvalue weighted by molar-refractivity contribution is 6.31. The summed E-state index contributed by atoms with van der Waals surface area (Å²) in [6, 6.07) is 11.4. The number of carbonyl (C=O) groups is 1. The van der Waals surface area contributed by atoms with Crippen LogP contribution in [0.2, 0.25) is 5.02 Å². The van der Waals surface area contributed by atoms with Gasteiger partial charge in [-0.05, 0) is 44.3 Å². The minimum atomic E-state index is -2.98. The summed E-state index contributed by atoms with van der Waals surface area (Å²) in [5, 5.41) is 5.94. The number of benzene rings is 2. The van der Waals surface area contributed by atoms with E-state index in [1.54, 1.807) is 25.1 Å². The Kier molecular flexibility index (Phi) is 7.38. The minimum absolute atomic E-state index is 0.0876. The number of halogens is 3. The average Bonchev–Trinajstić information content (AvgIpc) is 2.59. The van der Waals surface area contributed by atoms with Crippen molar-refractivity contribution in [3.05, 3.63) is 58.6 Å². The first-order valence-electron chi connectivity index (χ1n) is 8.29. The molecule has 0 aliphatic rings. The Hall–Kier alpha value is -2.38. The van der Waals surface area contributed by atoms with Crippen LogP contribution in [0.1, 0.15) is 17.2 Å². The second kappa shape index (κ2) is 9.53. The first-order chi connectivity index (χ1) is 12.8. The van der Waals surface area contributed by atoms with E-state index in [9.17, 15) is 13.6 Å². The van der Waals surface area contributed by atoms with Crippen molar-refractivity contribution in [3.8, 4) is 5.75 Å². The zero-order valence-corrected chi connectivity index (χ0v) is 16.1. The summed E-state index contributed by atoms with van der Waals surface area (Å²) in [7, 11) is 3.76. The molecule has 0 saturated carbocycles. The minimum Gasteiger partial charge on any atom is -0.433 e. The lowest BCUT2D eigenvalue weighted by atomic mass is 10.1. The molecule has 0 fully saturated rings. The van der Waals surface area contributed by atoms with Gasteiger partial charge in [-0.15, -0.1) is 0 Å². The third-order valence-corrected chi connectivity index (χ3v) is 4.38. The maximum atomic E-state index is 12.6. The normalized spacial score (nSPS) is 12.1. The van der Waals surface area contributed by atoms with E-state index in [0.29, 0.717) is 10.6 Å². The van der Waals surface area contributed by atoms with Gasteiger partial charge in [0.2, 0.25) is 0 Å². The molecule has 2 aromatic carbocycles. The average molecular weight is 398 g/mol. The molecule has 0 aliphatic carbocycles. The summed E-state index contributed by atoms with van der Waals surface area (Å²) in [4.78, 5) is 14.3. The summed E-state index contributed by atoms with van der Waals surface area (Å²) in [6.45, 7) is -1.01. The molecule has 0 radical (unpaired) electrons. The fraction of sp³-hybridized carbons (Fsp3) is 0.316. The third kappa shape index (κ3) is 5.80. The van der Waals surface area contributed by atoms with E-state index in [2.05, 4.69) is 15.4 Å². The van der Waals surface area contributed by atoms with Crippen molar-refractivity contribution in [3.63, 3.8) is 0 Å². The number of anilines is 1. The zero-order chi connectivity index (χ0) is 20.0. The van der Waals surface area contributed by atoms with Gasteiger partial charge in [-0.2, -0.15) is 8.78 Å². The number of ether oxygens (including phenoxy) is 1. The Morgan fingerprint density at radius 1 is 1.19 bits per heavy atom. The van der Waals surface area contributed by atoms with E-state index in [1.807, 2.05) is 37.2 Å². The van der Waals surface area contributed by atoms with Gasteiger partial charge in [0.05, 0.1) is 11.7 Å². The lowest BCUT2D eigenvalue weighted by Gasteiger charge is -2.26. The molecule has 0 saturated heterocycles. The molecule has 2 aromatic rings. The van der Waals surface area contributed by atoms with Gasteiger partial charge >= 0.3 is 12.6 Å². The van der Waals surface area contributed by atoms with Gasteiger partial charge in [0, 0.05) is 11.6 Å². The number of rotatable bonds is 7. The first-order valence-corrected chi connectivity index (χ1v) is 8.67. The maximum absolute atomic E-state index is 12.6. The molecule has 2 rings (SSSR count). The number of carbonyl (C=O) groups excluding carboxylic acids is 1. The monoisotopic (exact) mass is 397 g/mol. The van der Waals surface area contributed by atoms with Gasteiger partial charge in [0.25, 0.3) is 0 Å². The van der Waals surface area contributed by atoms with Crippen molar-refractivity contribution in [1.82, 2.24) is 10.2 Å². The van der Waals surface area contributed by atoms with Crippen LogP contribution >= 0.6 is 11.6 Å². The van der Waals surface area contributed by atoms with Crippen LogP contribution in [0.15, 0.2) is 42.5 Å². The standard InChI is InChI=1S/C19H22ClF2N3O2/c1-12-7-6-10-16(27-18(21)22)17(12)24-19(26)23-11-15(25(2)3)13-8-4-5-9-14(13)20/h4-10,15,18H,11H2,1-3H3,(H2,23,24,26). The Labute approximate surface area is 162 Å². The molecule has 0 bridgehead atoms. The number of nitrogens with one attached hydrogen (secondary N) is 2. The number of alkyl halides is 2. The number of para-hydroxylation sites is 1. The smallest absolute Gasteiger partial charge is 0.387 e. The molecule has 8 heteroatoms. The molecule has 1 unspecified atom stereocenters. The molecule has 5 nitrogen and oxygen atoms in total. The number of hydrogen-bond acceptors (Lipinski definition) is 3. The largest absolute Gasteiger partial charge is 0.433 e. The van der Waals surface area contributed by atoms with Crippen LogP contribution in [-0.4, -0.2) is 38.2 Å². The van der Waals surface area contributed by atoms with E-state index < -0.39 is 12.6 Å². The van der Waals surface area contributed by atoms with Crippen LogP contribution in [0.3, 0.4) is 0 Å². The lowest BCUT2D eigenvalue weighted by molar-refractivity contribution is -0.0493. The van der Waals surface area contributed by atoms with Gasteiger partial charge in [-0.1, -0.05) is 41.9 Å². The number of amides is 2. The highest BCUT2D eigenvalue weighted by atomic mass is 35.5. The Morgan fingerprint density at radius 2 is 1.89 bits per heavy atom. The highest BCUT2D eigenvalue weighted by Gasteiger charge is 2.19. The number of urea groups is 1. The van der Waals surface area contributed by atoms with Crippen LogP contribution in [0.25, 0.3) is 0 Å². The maximum Gasteiger partial charge on any atom is 0.387 e. The molecule has 0 heterocycles. The first kappa shape index (κ1) is 20.9. The molecule has 2 amide bonds. The molecule has 0 aromatic heterocycles. The molecule has 146 valence electrons. The van der Waals surface area contributed by atoms with Crippen molar-refractivity contribution in [2.24, 2.45) is 0 Å². The summed E-state index contributed by atoms with van der Waals surface area (Å²) in [6.07, 6.45) is 0. The van der Waals surface area contributed by atoms with Gasteiger partial charge in [0.15, 0.2) is 0 Å². The number of hydrogen-bond donors (Lipinski definition) is 2. The van der Waals surface area contributed by atoms with Crippen LogP contribution in [0.4, 0.5) is 19.3 Å². The summed E-state index contributed by atoms with van der Waals surface area (Å²) < 4.78 is 29.6. The summed E-state index contributed by atoms with van der Waals surface area (Å²) >= 11 is 6.26. The van der Waals surface area contributed by atoms with Crippen molar-refractivity contribution in [2.75, 3.05) is 26.0 Å². The predicted molar refractivity (Wildman–Crippen MR) is 103 cm³/mol. The van der Waals surface area contributed by atoms with Crippen LogP contribution in [0, 0.1) is 6.92 Å². The Bertz CT molecular complexity index is 787. The van der Waals surface area contributed by atoms with E-state index in [-0.39, 0.29) is 24.0 Å². The van der Waals surface area contributed by atoms with Gasteiger partial charge in [0.1, 0.15) is 5.75 Å². The second-order valence-corrected chi connectivity index (χ2v) is 6.57. The Balaban J connectivity index is 2.08. The van der Waals surface area contributed by atoms with Crippen molar-refractivity contribution < 1.29 is 18.3 Å². The lowest BCUT2D eigenvalue weighted by Crippen LogP contribution is -2.37. The SMILES string of the molecule is Cc1cccc(OC(F)F)c1NC(=O)NCC(c1ccccc1Cl)N(C)C. The van der Waals surface area contributed by atoms with Gasteiger partial charge in [-0.25, -0.2) is 4.79 Å². The quantitative estimate of drug-likeness (QED) is 0.713. The zero-order valence-electron chi connectivity index (χ0n) is 15.3. The number of nitrogens with zero attached hydrogens (tertiary/aromatic N) is 1. The van der Waals surface area contributed by atoms with E-state index in [4.69, 9.17) is 11.6 Å². The van der Waals surface area contributed by atoms with Crippen LogP contribution in [0.5, 0.6) is 5.75 Å². The molecule has 1 atom stereocenters. The molecule has 0 spiro atoms. The van der Waals surface area contributed by atoms with Crippen LogP contribution < -0.4 is 15.4 Å². The molecule has 27 heavy (non-hydrogen) atoms. The highest BCUT2D eigenvalue weighted by Crippen LogP contribution is 2.29. The molecule has 2 N–H and O–H groups in total.